The highest BCUT2D eigenvalue weighted by Crippen LogP contribution is 2.32. The second kappa shape index (κ2) is 6.24. The second-order valence-electron chi connectivity index (χ2n) is 5.19. The van der Waals surface area contributed by atoms with Crippen molar-refractivity contribution in [3.05, 3.63) is 0 Å². The monoisotopic (exact) mass is 275 g/mol. The quantitative estimate of drug-likeness (QED) is 0.661. The molecule has 1 rings (SSSR count). The van der Waals surface area contributed by atoms with Crippen molar-refractivity contribution in [2.75, 3.05) is 18.9 Å². The third kappa shape index (κ3) is 3.45. The third-order valence-corrected chi connectivity index (χ3v) is 5.51. The van der Waals surface area contributed by atoms with Crippen molar-refractivity contribution < 1.29 is 0 Å². The summed E-state index contributed by atoms with van der Waals surface area (Å²) in [6.45, 7) is 5.91. The molecule has 0 bridgehead atoms. The molecule has 2 heteroatoms. The molecule has 0 aromatic rings. The molecule has 0 aromatic heterocycles. The number of rotatable bonds is 6. The van der Waals surface area contributed by atoms with Gasteiger partial charge in [0.2, 0.25) is 0 Å². The van der Waals surface area contributed by atoms with Crippen molar-refractivity contribution in [3.63, 3.8) is 0 Å². The zero-order valence-electron chi connectivity index (χ0n) is 10.6. The maximum atomic E-state index is 3.70. The predicted octanol–water partition coefficient (Wildman–Crippen LogP) is 4.06. The summed E-state index contributed by atoms with van der Waals surface area (Å²) in [7, 11) is 2.32. The van der Waals surface area contributed by atoms with E-state index in [0.29, 0.717) is 5.41 Å². The Bertz CT molecular complexity index is 163. The van der Waals surface area contributed by atoms with Gasteiger partial charge in [-0.25, -0.2) is 0 Å². The van der Waals surface area contributed by atoms with E-state index in [1.807, 2.05) is 0 Å². The fourth-order valence-corrected chi connectivity index (χ4v) is 3.68. The smallest absolute Gasteiger partial charge is 0.01000 e. The Balaban J connectivity index is 2.49. The van der Waals surface area contributed by atoms with Gasteiger partial charge in [0.1, 0.15) is 0 Å². The van der Waals surface area contributed by atoms with Crippen molar-refractivity contribution in [1.82, 2.24) is 4.90 Å². The molecule has 0 N–H and O–H groups in total. The van der Waals surface area contributed by atoms with E-state index in [9.17, 15) is 0 Å². The van der Waals surface area contributed by atoms with Gasteiger partial charge in [-0.3, -0.25) is 0 Å². The summed E-state index contributed by atoms with van der Waals surface area (Å²) >= 11 is 3.70. The molecule has 0 heterocycles. The first kappa shape index (κ1) is 13.5. The van der Waals surface area contributed by atoms with Crippen molar-refractivity contribution in [2.45, 2.75) is 58.4 Å². The standard InChI is InChI=1S/C13H26BrN/c1-4-13(5-2,10-14)11-15(3)12-8-6-7-9-12/h12H,4-11H2,1-3H3. The van der Waals surface area contributed by atoms with Crippen LogP contribution in [0.4, 0.5) is 0 Å². The van der Waals surface area contributed by atoms with Gasteiger partial charge in [-0.1, -0.05) is 42.6 Å². The van der Waals surface area contributed by atoms with Crippen LogP contribution < -0.4 is 0 Å². The zero-order valence-corrected chi connectivity index (χ0v) is 12.1. The minimum absolute atomic E-state index is 0.497. The lowest BCUT2D eigenvalue weighted by Gasteiger charge is -2.36. The van der Waals surface area contributed by atoms with Gasteiger partial charge in [0.15, 0.2) is 0 Å². The topological polar surface area (TPSA) is 3.24 Å². The van der Waals surface area contributed by atoms with Crippen LogP contribution in [0.5, 0.6) is 0 Å². The van der Waals surface area contributed by atoms with Gasteiger partial charge in [-0.05, 0) is 38.1 Å². The van der Waals surface area contributed by atoms with Gasteiger partial charge < -0.3 is 4.90 Å². The van der Waals surface area contributed by atoms with Crippen LogP contribution in [-0.4, -0.2) is 29.9 Å². The molecule has 0 atom stereocenters. The first-order valence-electron chi connectivity index (χ1n) is 6.43. The Morgan fingerprint density at radius 2 is 1.73 bits per heavy atom. The van der Waals surface area contributed by atoms with Crippen molar-refractivity contribution in [3.8, 4) is 0 Å². The summed E-state index contributed by atoms with van der Waals surface area (Å²) < 4.78 is 0. The van der Waals surface area contributed by atoms with Crippen LogP contribution in [-0.2, 0) is 0 Å². The summed E-state index contributed by atoms with van der Waals surface area (Å²) in [5, 5.41) is 1.14. The normalized spacial score (nSPS) is 19.0. The van der Waals surface area contributed by atoms with E-state index >= 15 is 0 Å². The molecule has 1 aliphatic rings. The second-order valence-corrected chi connectivity index (χ2v) is 5.75. The van der Waals surface area contributed by atoms with E-state index in [4.69, 9.17) is 0 Å². The molecule has 1 saturated carbocycles. The molecule has 15 heavy (non-hydrogen) atoms. The van der Waals surface area contributed by atoms with Gasteiger partial charge in [0, 0.05) is 17.9 Å². The van der Waals surface area contributed by atoms with Gasteiger partial charge in [-0.2, -0.15) is 0 Å². The van der Waals surface area contributed by atoms with E-state index < -0.39 is 0 Å². The SMILES string of the molecule is CCC(CC)(CBr)CN(C)C1CCCC1. The van der Waals surface area contributed by atoms with Gasteiger partial charge in [0.25, 0.3) is 0 Å². The molecule has 90 valence electrons. The van der Waals surface area contributed by atoms with E-state index in [0.717, 1.165) is 11.4 Å². The van der Waals surface area contributed by atoms with Crippen LogP contribution >= 0.6 is 15.9 Å². The van der Waals surface area contributed by atoms with Crippen molar-refractivity contribution in [2.24, 2.45) is 5.41 Å². The minimum atomic E-state index is 0.497. The summed E-state index contributed by atoms with van der Waals surface area (Å²) in [5.74, 6) is 0. The molecule has 1 aliphatic carbocycles. The van der Waals surface area contributed by atoms with Crippen LogP contribution in [0.1, 0.15) is 52.4 Å². The van der Waals surface area contributed by atoms with Crippen LogP contribution in [0.15, 0.2) is 0 Å². The molecule has 1 nitrogen and oxygen atoms in total. The molecule has 0 amide bonds. The van der Waals surface area contributed by atoms with Gasteiger partial charge in [-0.15, -0.1) is 0 Å². The maximum Gasteiger partial charge on any atom is 0.01000 e. The lowest BCUT2D eigenvalue weighted by molar-refractivity contribution is 0.145. The fraction of sp³-hybridized carbons (Fsp3) is 1.00. The van der Waals surface area contributed by atoms with Crippen molar-refractivity contribution in [1.29, 1.82) is 0 Å². The molecule has 0 aromatic carbocycles. The molecular formula is C13H26BrN. The summed E-state index contributed by atoms with van der Waals surface area (Å²) in [6, 6.07) is 0.863. The Hall–Kier alpha value is 0.440. The summed E-state index contributed by atoms with van der Waals surface area (Å²) in [5.41, 5.74) is 0.497. The molecule has 0 spiro atoms. The first-order valence-corrected chi connectivity index (χ1v) is 7.56. The number of alkyl halides is 1. The van der Waals surface area contributed by atoms with Crippen LogP contribution in [0.3, 0.4) is 0 Å². The maximum absolute atomic E-state index is 3.70. The lowest BCUT2D eigenvalue weighted by atomic mass is 9.84. The van der Waals surface area contributed by atoms with Gasteiger partial charge in [0.05, 0.1) is 0 Å². The van der Waals surface area contributed by atoms with Crippen LogP contribution in [0, 0.1) is 5.41 Å². The van der Waals surface area contributed by atoms with Crippen LogP contribution in [0.25, 0.3) is 0 Å². The summed E-state index contributed by atoms with van der Waals surface area (Å²) in [6.07, 6.45) is 8.28. The fourth-order valence-electron chi connectivity index (χ4n) is 2.71. The van der Waals surface area contributed by atoms with Crippen molar-refractivity contribution >= 4 is 15.9 Å². The largest absolute Gasteiger partial charge is 0.303 e. The average Bonchev–Trinajstić information content (AvgIpc) is 2.79. The summed E-state index contributed by atoms with van der Waals surface area (Å²) in [4.78, 5) is 2.61. The third-order valence-electron chi connectivity index (χ3n) is 4.32. The molecule has 0 aliphatic heterocycles. The van der Waals surface area contributed by atoms with E-state index in [1.165, 1.54) is 45.1 Å². The lowest BCUT2D eigenvalue weighted by Crippen LogP contribution is -2.40. The zero-order chi connectivity index (χ0) is 11.3. The van der Waals surface area contributed by atoms with E-state index in [2.05, 4.69) is 41.7 Å². The molecule has 1 fully saturated rings. The van der Waals surface area contributed by atoms with E-state index in [1.54, 1.807) is 0 Å². The Morgan fingerprint density at radius 3 is 2.13 bits per heavy atom. The Kier molecular flexibility index (Phi) is 5.62. The highest BCUT2D eigenvalue weighted by Gasteiger charge is 2.29. The Morgan fingerprint density at radius 1 is 1.20 bits per heavy atom. The number of hydrogen-bond acceptors (Lipinski definition) is 1. The minimum Gasteiger partial charge on any atom is -0.303 e. The number of nitrogens with zero attached hydrogens (tertiary/aromatic N) is 1. The number of halogens is 1. The molecular weight excluding hydrogens is 250 g/mol. The predicted molar refractivity (Wildman–Crippen MR) is 71.7 cm³/mol. The molecule has 0 saturated heterocycles. The Labute approximate surface area is 104 Å². The van der Waals surface area contributed by atoms with Gasteiger partial charge >= 0.3 is 0 Å². The highest BCUT2D eigenvalue weighted by molar-refractivity contribution is 9.09. The highest BCUT2D eigenvalue weighted by atomic mass is 79.9. The number of hydrogen-bond donors (Lipinski definition) is 0. The first-order chi connectivity index (χ1) is 7.17. The van der Waals surface area contributed by atoms with Crippen LogP contribution in [0.2, 0.25) is 0 Å². The molecule has 0 radical (unpaired) electrons. The van der Waals surface area contributed by atoms with E-state index in [-0.39, 0.29) is 0 Å². The average molecular weight is 276 g/mol. The molecule has 0 unspecified atom stereocenters.